The van der Waals surface area contributed by atoms with E-state index in [1.54, 1.807) is 0 Å². The average molecular weight is 206 g/mol. The summed E-state index contributed by atoms with van der Waals surface area (Å²) < 4.78 is 0. The number of benzene rings is 1. The Morgan fingerprint density at radius 3 is 2.20 bits per heavy atom. The zero-order valence-corrected chi connectivity index (χ0v) is 9.98. The van der Waals surface area contributed by atoms with Crippen LogP contribution in [0.3, 0.4) is 0 Å². The summed E-state index contributed by atoms with van der Waals surface area (Å²) >= 11 is 0. The lowest BCUT2D eigenvalue weighted by molar-refractivity contribution is 0.203. The van der Waals surface area contributed by atoms with Crippen molar-refractivity contribution in [2.45, 2.75) is 39.4 Å². The Bertz CT molecular complexity index is 267. The average Bonchev–Trinajstić information content (AvgIpc) is 2.17. The summed E-state index contributed by atoms with van der Waals surface area (Å²) in [5.41, 5.74) is 7.20. The van der Waals surface area contributed by atoms with Crippen LogP contribution in [0.4, 0.5) is 0 Å². The minimum Gasteiger partial charge on any atom is -0.327 e. The molecular formula is C13H22N2. The van der Waals surface area contributed by atoms with E-state index in [9.17, 15) is 0 Å². The molecule has 1 unspecified atom stereocenters. The van der Waals surface area contributed by atoms with Crippen molar-refractivity contribution in [1.82, 2.24) is 4.90 Å². The van der Waals surface area contributed by atoms with Crippen LogP contribution in [0.2, 0.25) is 0 Å². The molecule has 0 aliphatic rings. The fourth-order valence-electron chi connectivity index (χ4n) is 1.65. The molecule has 1 aromatic rings. The highest BCUT2D eigenvalue weighted by atomic mass is 15.2. The molecule has 0 heterocycles. The molecule has 0 spiro atoms. The van der Waals surface area contributed by atoms with Gasteiger partial charge in [0.1, 0.15) is 0 Å². The topological polar surface area (TPSA) is 29.3 Å². The maximum atomic E-state index is 5.84. The largest absolute Gasteiger partial charge is 0.327 e. The van der Waals surface area contributed by atoms with E-state index >= 15 is 0 Å². The van der Waals surface area contributed by atoms with Crippen molar-refractivity contribution >= 4 is 0 Å². The molecule has 0 fully saturated rings. The lowest BCUT2D eigenvalue weighted by atomic mass is 10.1. The molecule has 84 valence electrons. The Hall–Kier alpha value is -0.860. The first-order chi connectivity index (χ1) is 7.09. The zero-order chi connectivity index (χ0) is 11.3. The van der Waals surface area contributed by atoms with E-state index in [-0.39, 0.29) is 6.04 Å². The minimum absolute atomic E-state index is 0.233. The van der Waals surface area contributed by atoms with Crippen molar-refractivity contribution in [3.8, 4) is 0 Å². The SMILES string of the molecule is CC(N)CN(Cc1ccccc1)C(C)C. The lowest BCUT2D eigenvalue weighted by Crippen LogP contribution is -2.39. The van der Waals surface area contributed by atoms with E-state index in [1.165, 1.54) is 5.56 Å². The maximum absolute atomic E-state index is 5.84. The molecule has 0 aromatic heterocycles. The number of nitrogens with zero attached hydrogens (tertiary/aromatic N) is 1. The smallest absolute Gasteiger partial charge is 0.0237 e. The van der Waals surface area contributed by atoms with Gasteiger partial charge in [0.25, 0.3) is 0 Å². The lowest BCUT2D eigenvalue weighted by Gasteiger charge is -2.28. The molecule has 0 radical (unpaired) electrons. The van der Waals surface area contributed by atoms with Crippen molar-refractivity contribution < 1.29 is 0 Å². The second kappa shape index (κ2) is 5.89. The van der Waals surface area contributed by atoms with Gasteiger partial charge in [-0.15, -0.1) is 0 Å². The van der Waals surface area contributed by atoms with E-state index < -0.39 is 0 Å². The Balaban J connectivity index is 2.59. The molecule has 0 bridgehead atoms. The molecule has 1 atom stereocenters. The number of hydrogen-bond acceptors (Lipinski definition) is 2. The van der Waals surface area contributed by atoms with Crippen molar-refractivity contribution in [2.24, 2.45) is 5.73 Å². The zero-order valence-electron chi connectivity index (χ0n) is 9.98. The van der Waals surface area contributed by atoms with Crippen LogP contribution in [0.1, 0.15) is 26.3 Å². The number of nitrogens with two attached hydrogens (primary N) is 1. The highest BCUT2D eigenvalue weighted by Crippen LogP contribution is 2.08. The van der Waals surface area contributed by atoms with E-state index in [2.05, 4.69) is 56.0 Å². The summed E-state index contributed by atoms with van der Waals surface area (Å²) in [5.74, 6) is 0. The maximum Gasteiger partial charge on any atom is 0.0237 e. The van der Waals surface area contributed by atoms with Crippen molar-refractivity contribution in [1.29, 1.82) is 0 Å². The minimum atomic E-state index is 0.233. The quantitative estimate of drug-likeness (QED) is 0.800. The second-order valence-corrected chi connectivity index (χ2v) is 4.49. The molecule has 1 aromatic carbocycles. The van der Waals surface area contributed by atoms with Crippen LogP contribution in [0.5, 0.6) is 0 Å². The first kappa shape index (κ1) is 12.2. The third-order valence-corrected chi connectivity index (χ3v) is 2.48. The number of rotatable bonds is 5. The van der Waals surface area contributed by atoms with Gasteiger partial charge in [-0.1, -0.05) is 30.3 Å². The van der Waals surface area contributed by atoms with Crippen molar-refractivity contribution in [3.05, 3.63) is 35.9 Å². The molecule has 2 nitrogen and oxygen atoms in total. The van der Waals surface area contributed by atoms with Crippen molar-refractivity contribution in [3.63, 3.8) is 0 Å². The second-order valence-electron chi connectivity index (χ2n) is 4.49. The molecule has 2 N–H and O–H groups in total. The Morgan fingerprint density at radius 1 is 1.13 bits per heavy atom. The first-order valence-corrected chi connectivity index (χ1v) is 5.63. The predicted molar refractivity (Wildman–Crippen MR) is 65.6 cm³/mol. The molecule has 0 saturated carbocycles. The molecule has 0 aliphatic carbocycles. The normalized spacial score (nSPS) is 13.5. The number of hydrogen-bond donors (Lipinski definition) is 1. The van der Waals surface area contributed by atoms with E-state index in [0.717, 1.165) is 13.1 Å². The summed E-state index contributed by atoms with van der Waals surface area (Å²) in [5, 5.41) is 0. The molecule has 2 heteroatoms. The van der Waals surface area contributed by atoms with Gasteiger partial charge in [-0.25, -0.2) is 0 Å². The molecule has 15 heavy (non-hydrogen) atoms. The van der Waals surface area contributed by atoms with Crippen LogP contribution in [-0.2, 0) is 6.54 Å². The monoisotopic (exact) mass is 206 g/mol. The van der Waals surface area contributed by atoms with Gasteiger partial charge in [0.05, 0.1) is 0 Å². The van der Waals surface area contributed by atoms with Crippen LogP contribution in [-0.4, -0.2) is 23.5 Å². The third-order valence-electron chi connectivity index (χ3n) is 2.48. The Morgan fingerprint density at radius 2 is 1.73 bits per heavy atom. The van der Waals surface area contributed by atoms with Crippen LogP contribution in [0, 0.1) is 0 Å². The molecule has 0 saturated heterocycles. The van der Waals surface area contributed by atoms with Gasteiger partial charge in [0.15, 0.2) is 0 Å². The van der Waals surface area contributed by atoms with Gasteiger partial charge < -0.3 is 5.73 Å². The predicted octanol–water partition coefficient (Wildman–Crippen LogP) is 2.24. The Kier molecular flexibility index (Phi) is 4.79. The fourth-order valence-corrected chi connectivity index (χ4v) is 1.65. The summed E-state index contributed by atoms with van der Waals surface area (Å²) in [7, 11) is 0. The molecule has 0 aliphatic heterocycles. The fraction of sp³-hybridized carbons (Fsp3) is 0.538. The Labute approximate surface area is 93.1 Å². The van der Waals surface area contributed by atoms with Crippen LogP contribution >= 0.6 is 0 Å². The summed E-state index contributed by atoms with van der Waals surface area (Å²) in [6.07, 6.45) is 0. The van der Waals surface area contributed by atoms with Gasteiger partial charge in [0.2, 0.25) is 0 Å². The highest BCUT2D eigenvalue weighted by Gasteiger charge is 2.11. The highest BCUT2D eigenvalue weighted by molar-refractivity contribution is 5.14. The molecule has 0 amide bonds. The standard InChI is InChI=1S/C13H22N2/c1-11(2)15(9-12(3)14)10-13-7-5-4-6-8-13/h4-8,11-12H,9-10,14H2,1-3H3. The van der Waals surface area contributed by atoms with E-state index in [0.29, 0.717) is 6.04 Å². The van der Waals surface area contributed by atoms with Gasteiger partial charge in [0, 0.05) is 25.2 Å². The molecular weight excluding hydrogens is 184 g/mol. The van der Waals surface area contributed by atoms with Crippen molar-refractivity contribution in [2.75, 3.05) is 6.54 Å². The summed E-state index contributed by atoms with van der Waals surface area (Å²) in [6.45, 7) is 8.42. The van der Waals surface area contributed by atoms with Gasteiger partial charge in [-0.2, -0.15) is 0 Å². The van der Waals surface area contributed by atoms with Crippen LogP contribution < -0.4 is 5.73 Å². The van der Waals surface area contributed by atoms with Gasteiger partial charge >= 0.3 is 0 Å². The van der Waals surface area contributed by atoms with Crippen LogP contribution in [0.15, 0.2) is 30.3 Å². The summed E-state index contributed by atoms with van der Waals surface area (Å²) in [4.78, 5) is 2.40. The molecule has 1 rings (SSSR count). The first-order valence-electron chi connectivity index (χ1n) is 5.63. The summed E-state index contributed by atoms with van der Waals surface area (Å²) in [6, 6.07) is 11.3. The van der Waals surface area contributed by atoms with E-state index in [1.807, 2.05) is 0 Å². The van der Waals surface area contributed by atoms with E-state index in [4.69, 9.17) is 5.73 Å². The van der Waals surface area contributed by atoms with Crippen LogP contribution in [0.25, 0.3) is 0 Å². The third kappa shape index (κ3) is 4.45. The van der Waals surface area contributed by atoms with Gasteiger partial charge in [-0.3, -0.25) is 4.90 Å². The van der Waals surface area contributed by atoms with Gasteiger partial charge in [-0.05, 0) is 26.3 Å².